The van der Waals surface area contributed by atoms with Crippen LogP contribution in [0.2, 0.25) is 0 Å². The van der Waals surface area contributed by atoms with Gasteiger partial charge in [-0.3, -0.25) is 4.68 Å². The van der Waals surface area contributed by atoms with Gasteiger partial charge in [0, 0.05) is 11.6 Å². The number of nitrogens with zero attached hydrogens (tertiary/aromatic N) is 1. The molecule has 2 saturated carbocycles. The number of aromatic amines is 1. The van der Waals surface area contributed by atoms with Crippen LogP contribution in [0.3, 0.4) is 0 Å². The highest BCUT2D eigenvalue weighted by Crippen LogP contribution is 2.40. The molecule has 2 aliphatic rings. The van der Waals surface area contributed by atoms with Crippen LogP contribution in [-0.2, 0) is 0 Å². The maximum Gasteiger partial charge on any atom is 0.122 e. The lowest BCUT2D eigenvalue weighted by atomic mass is 10.1. The van der Waals surface area contributed by atoms with E-state index in [2.05, 4.69) is 22.8 Å². The summed E-state index contributed by atoms with van der Waals surface area (Å²) in [6, 6.07) is 2.77. The molecule has 1 atom stereocenters. The van der Waals surface area contributed by atoms with Crippen LogP contribution in [-0.4, -0.2) is 9.78 Å². The summed E-state index contributed by atoms with van der Waals surface area (Å²) >= 11 is 5.46. The molecule has 0 bridgehead atoms. The highest BCUT2D eigenvalue weighted by Gasteiger charge is 2.30. The molecule has 16 heavy (non-hydrogen) atoms. The van der Waals surface area contributed by atoms with Gasteiger partial charge in [0.15, 0.2) is 0 Å². The van der Waals surface area contributed by atoms with Crippen molar-refractivity contribution in [3.63, 3.8) is 0 Å². The SMILES string of the molecule is CC(C1CC1)n1[nH]c(C2CCCC2)cc1=S. The van der Waals surface area contributed by atoms with Gasteiger partial charge < -0.3 is 5.10 Å². The topological polar surface area (TPSA) is 20.7 Å². The van der Waals surface area contributed by atoms with E-state index in [4.69, 9.17) is 12.2 Å². The summed E-state index contributed by atoms with van der Waals surface area (Å²) in [6.07, 6.45) is 8.20. The molecule has 1 aromatic heterocycles. The Hall–Kier alpha value is -0.570. The smallest absolute Gasteiger partial charge is 0.122 e. The summed E-state index contributed by atoms with van der Waals surface area (Å²) in [5, 5.41) is 3.56. The molecule has 1 heterocycles. The van der Waals surface area contributed by atoms with E-state index in [9.17, 15) is 0 Å². The summed E-state index contributed by atoms with van der Waals surface area (Å²) in [7, 11) is 0. The van der Waals surface area contributed by atoms with Gasteiger partial charge in [-0.15, -0.1) is 0 Å². The standard InChI is InChI=1S/C13H20N2S/c1-9(10-6-7-10)15-13(16)8-12(14-15)11-4-2-3-5-11/h8-11,14H,2-7H2,1H3. The van der Waals surface area contributed by atoms with Crippen LogP contribution in [0.5, 0.6) is 0 Å². The Morgan fingerprint density at radius 3 is 2.62 bits per heavy atom. The van der Waals surface area contributed by atoms with E-state index < -0.39 is 0 Å². The normalized spacial score (nSPS) is 23.8. The third kappa shape index (κ3) is 1.86. The van der Waals surface area contributed by atoms with E-state index in [0.29, 0.717) is 6.04 Å². The average Bonchev–Trinajstić information content (AvgIpc) is 2.84. The van der Waals surface area contributed by atoms with Crippen LogP contribution in [0.25, 0.3) is 0 Å². The molecule has 2 aliphatic carbocycles. The Labute approximate surface area is 102 Å². The summed E-state index contributed by atoms with van der Waals surface area (Å²) in [5.74, 6) is 1.61. The zero-order chi connectivity index (χ0) is 11.1. The van der Waals surface area contributed by atoms with Crippen molar-refractivity contribution in [2.24, 2.45) is 5.92 Å². The van der Waals surface area contributed by atoms with Crippen LogP contribution >= 0.6 is 12.2 Å². The van der Waals surface area contributed by atoms with Crippen molar-refractivity contribution in [2.75, 3.05) is 0 Å². The predicted molar refractivity (Wildman–Crippen MR) is 68.3 cm³/mol. The number of hydrogen-bond donors (Lipinski definition) is 1. The van der Waals surface area contributed by atoms with Crippen molar-refractivity contribution in [1.82, 2.24) is 9.78 Å². The molecule has 1 aromatic rings. The fourth-order valence-corrected chi connectivity index (χ4v) is 3.31. The zero-order valence-corrected chi connectivity index (χ0v) is 10.7. The molecule has 0 saturated heterocycles. The highest BCUT2D eigenvalue weighted by molar-refractivity contribution is 7.71. The van der Waals surface area contributed by atoms with Gasteiger partial charge in [-0.1, -0.05) is 25.1 Å². The molecule has 1 unspecified atom stereocenters. The number of rotatable bonds is 3. The number of hydrogen-bond acceptors (Lipinski definition) is 1. The molecule has 0 radical (unpaired) electrons. The molecule has 0 aliphatic heterocycles. The van der Waals surface area contributed by atoms with E-state index in [-0.39, 0.29) is 0 Å². The summed E-state index contributed by atoms with van der Waals surface area (Å²) in [5.41, 5.74) is 1.38. The monoisotopic (exact) mass is 236 g/mol. The third-order valence-electron chi connectivity index (χ3n) is 4.27. The first-order chi connectivity index (χ1) is 7.75. The first-order valence-electron chi connectivity index (χ1n) is 6.57. The molecule has 3 rings (SSSR count). The van der Waals surface area contributed by atoms with Crippen molar-refractivity contribution < 1.29 is 0 Å². The van der Waals surface area contributed by atoms with Gasteiger partial charge in [-0.05, 0) is 44.6 Å². The Balaban J connectivity index is 1.85. The summed E-state index contributed by atoms with van der Waals surface area (Å²) in [4.78, 5) is 0. The first kappa shape index (κ1) is 10.6. The van der Waals surface area contributed by atoms with Crippen LogP contribution in [0.15, 0.2) is 6.07 Å². The molecule has 0 spiro atoms. The fourth-order valence-electron chi connectivity index (χ4n) is 2.97. The Bertz CT molecular complexity index is 421. The van der Waals surface area contributed by atoms with Gasteiger partial charge >= 0.3 is 0 Å². The van der Waals surface area contributed by atoms with Crippen molar-refractivity contribution in [2.45, 2.75) is 57.4 Å². The van der Waals surface area contributed by atoms with Gasteiger partial charge in [-0.2, -0.15) is 0 Å². The summed E-state index contributed by atoms with van der Waals surface area (Å²) in [6.45, 7) is 2.29. The van der Waals surface area contributed by atoms with Gasteiger partial charge in [-0.25, -0.2) is 0 Å². The van der Waals surface area contributed by atoms with Gasteiger partial charge in [0.05, 0.1) is 6.04 Å². The fraction of sp³-hybridized carbons (Fsp3) is 0.769. The number of aromatic nitrogens is 2. The van der Waals surface area contributed by atoms with E-state index in [0.717, 1.165) is 16.5 Å². The second-order valence-electron chi connectivity index (χ2n) is 5.48. The van der Waals surface area contributed by atoms with Gasteiger partial charge in [0.1, 0.15) is 4.64 Å². The van der Waals surface area contributed by atoms with Crippen LogP contribution in [0.1, 0.15) is 63.1 Å². The molecule has 0 aromatic carbocycles. The van der Waals surface area contributed by atoms with Gasteiger partial charge in [0.25, 0.3) is 0 Å². The first-order valence-corrected chi connectivity index (χ1v) is 6.98. The lowest BCUT2D eigenvalue weighted by molar-refractivity contribution is 0.429. The van der Waals surface area contributed by atoms with E-state index in [1.54, 1.807) is 0 Å². The number of H-pyrrole nitrogens is 1. The minimum atomic E-state index is 0.572. The molecule has 3 heteroatoms. The molecule has 88 valence electrons. The molecular weight excluding hydrogens is 216 g/mol. The highest BCUT2D eigenvalue weighted by atomic mass is 32.1. The maximum absolute atomic E-state index is 5.46. The molecule has 1 N–H and O–H groups in total. The molecule has 2 nitrogen and oxygen atoms in total. The Morgan fingerprint density at radius 1 is 1.31 bits per heavy atom. The Kier molecular flexibility index (Phi) is 2.66. The number of nitrogens with one attached hydrogen (secondary N) is 1. The minimum absolute atomic E-state index is 0.572. The maximum atomic E-state index is 5.46. The largest absolute Gasteiger partial charge is 0.301 e. The van der Waals surface area contributed by atoms with Crippen LogP contribution in [0, 0.1) is 10.6 Å². The lowest BCUT2D eigenvalue weighted by Gasteiger charge is -2.13. The quantitative estimate of drug-likeness (QED) is 0.781. The third-order valence-corrected chi connectivity index (χ3v) is 4.59. The molecular formula is C13H20N2S. The predicted octanol–water partition coefficient (Wildman–Crippen LogP) is 4.17. The minimum Gasteiger partial charge on any atom is -0.301 e. The molecule has 0 amide bonds. The second kappa shape index (κ2) is 4.02. The van der Waals surface area contributed by atoms with E-state index in [1.807, 2.05) is 0 Å². The summed E-state index contributed by atoms with van der Waals surface area (Å²) < 4.78 is 3.22. The average molecular weight is 236 g/mol. The second-order valence-corrected chi connectivity index (χ2v) is 5.90. The van der Waals surface area contributed by atoms with Crippen LogP contribution in [0.4, 0.5) is 0 Å². The van der Waals surface area contributed by atoms with Crippen LogP contribution < -0.4 is 0 Å². The van der Waals surface area contributed by atoms with E-state index >= 15 is 0 Å². The lowest BCUT2D eigenvalue weighted by Crippen LogP contribution is -2.09. The van der Waals surface area contributed by atoms with Crippen molar-refractivity contribution >= 4 is 12.2 Å². The molecule has 2 fully saturated rings. The van der Waals surface area contributed by atoms with Crippen molar-refractivity contribution in [3.05, 3.63) is 16.4 Å². The van der Waals surface area contributed by atoms with E-state index in [1.165, 1.54) is 44.2 Å². The van der Waals surface area contributed by atoms with Crippen molar-refractivity contribution in [1.29, 1.82) is 0 Å². The van der Waals surface area contributed by atoms with Gasteiger partial charge in [0.2, 0.25) is 0 Å². The zero-order valence-electron chi connectivity index (χ0n) is 9.91. The van der Waals surface area contributed by atoms with Crippen molar-refractivity contribution in [3.8, 4) is 0 Å². The Morgan fingerprint density at radius 2 is 2.00 bits per heavy atom.